The van der Waals surface area contributed by atoms with Crippen molar-refractivity contribution in [3.05, 3.63) is 60.5 Å². The Hall–Kier alpha value is -2.82. The second-order valence-corrected chi connectivity index (χ2v) is 4.64. The largest absolute Gasteiger partial charge is 0.496 e. The van der Waals surface area contributed by atoms with E-state index in [0.717, 1.165) is 16.9 Å². The molecular formula is C17H15FN2O2. The van der Waals surface area contributed by atoms with Gasteiger partial charge in [-0.3, -0.25) is 0 Å². The van der Waals surface area contributed by atoms with Crippen LogP contribution in [0.15, 0.2) is 54.7 Å². The third-order valence-corrected chi connectivity index (χ3v) is 3.40. The molecular weight excluding hydrogens is 283 g/mol. The number of hydrogen-bond acceptors (Lipinski definition) is 3. The van der Waals surface area contributed by atoms with Crippen molar-refractivity contribution in [2.24, 2.45) is 0 Å². The van der Waals surface area contributed by atoms with Gasteiger partial charge in [0.1, 0.15) is 17.3 Å². The lowest BCUT2D eigenvalue weighted by molar-refractivity contribution is 0.397. The monoisotopic (exact) mass is 298 g/mol. The van der Waals surface area contributed by atoms with E-state index in [1.165, 1.54) is 12.1 Å². The van der Waals surface area contributed by atoms with Crippen LogP contribution in [0.1, 0.15) is 0 Å². The highest BCUT2D eigenvalue weighted by Gasteiger charge is 2.17. The minimum absolute atomic E-state index is 0.285. The van der Waals surface area contributed by atoms with Crippen LogP contribution in [0.3, 0.4) is 0 Å². The number of aromatic nitrogens is 2. The summed E-state index contributed by atoms with van der Waals surface area (Å²) >= 11 is 0. The first-order chi connectivity index (χ1) is 10.7. The third kappa shape index (κ3) is 2.41. The molecule has 0 saturated heterocycles. The average Bonchev–Trinajstić information content (AvgIpc) is 3.03. The van der Waals surface area contributed by atoms with Gasteiger partial charge in [-0.1, -0.05) is 6.07 Å². The first kappa shape index (κ1) is 14.1. The molecule has 0 unspecified atom stereocenters. The molecule has 1 heterocycles. The minimum atomic E-state index is -0.285. The first-order valence-corrected chi connectivity index (χ1v) is 6.76. The highest BCUT2D eigenvalue weighted by molar-refractivity contribution is 5.75. The summed E-state index contributed by atoms with van der Waals surface area (Å²) in [7, 11) is 3.22. The molecule has 0 fully saturated rings. The number of hydrogen-bond donors (Lipinski definition) is 0. The fraction of sp³-hybridized carbons (Fsp3) is 0.118. The fourth-order valence-corrected chi connectivity index (χ4v) is 2.38. The highest BCUT2D eigenvalue weighted by atomic mass is 19.1. The van der Waals surface area contributed by atoms with E-state index in [1.807, 2.05) is 24.3 Å². The Balaban J connectivity index is 2.19. The Morgan fingerprint density at radius 2 is 1.55 bits per heavy atom. The summed E-state index contributed by atoms with van der Waals surface area (Å²) in [5.41, 5.74) is 2.37. The van der Waals surface area contributed by atoms with Crippen LogP contribution in [0.25, 0.3) is 16.9 Å². The quantitative estimate of drug-likeness (QED) is 0.737. The van der Waals surface area contributed by atoms with E-state index >= 15 is 0 Å². The van der Waals surface area contributed by atoms with E-state index in [2.05, 4.69) is 5.10 Å². The van der Waals surface area contributed by atoms with Crippen LogP contribution in [-0.2, 0) is 0 Å². The summed E-state index contributed by atoms with van der Waals surface area (Å²) in [6.07, 6.45) is 1.69. The van der Waals surface area contributed by atoms with Crippen molar-refractivity contribution in [1.29, 1.82) is 0 Å². The van der Waals surface area contributed by atoms with Crippen LogP contribution in [0.2, 0.25) is 0 Å². The second kappa shape index (κ2) is 5.89. The van der Waals surface area contributed by atoms with E-state index in [1.54, 1.807) is 37.2 Å². The number of halogens is 1. The molecule has 3 rings (SSSR count). The van der Waals surface area contributed by atoms with Crippen LogP contribution < -0.4 is 9.47 Å². The molecule has 4 nitrogen and oxygen atoms in total. The normalized spacial score (nSPS) is 10.5. The van der Waals surface area contributed by atoms with Gasteiger partial charge in [0.05, 0.1) is 37.4 Å². The molecule has 0 amide bonds. The molecule has 5 heteroatoms. The standard InChI is InChI=1S/C17H15FN2O2/c1-21-15-4-3-5-16(22-2)17(15)14-10-11-19-20(14)13-8-6-12(18)7-9-13/h3-11H,1-2H3. The van der Waals surface area contributed by atoms with Gasteiger partial charge in [0.15, 0.2) is 0 Å². The van der Waals surface area contributed by atoms with Crippen LogP contribution >= 0.6 is 0 Å². The maximum atomic E-state index is 13.1. The third-order valence-electron chi connectivity index (χ3n) is 3.40. The molecule has 2 aromatic carbocycles. The SMILES string of the molecule is COc1cccc(OC)c1-c1ccnn1-c1ccc(F)cc1. The summed E-state index contributed by atoms with van der Waals surface area (Å²) in [6.45, 7) is 0. The number of benzene rings is 2. The number of ether oxygens (including phenoxy) is 2. The molecule has 0 saturated carbocycles. The Morgan fingerprint density at radius 3 is 2.14 bits per heavy atom. The molecule has 0 radical (unpaired) electrons. The van der Waals surface area contributed by atoms with Crippen LogP contribution in [0.4, 0.5) is 4.39 Å². The topological polar surface area (TPSA) is 36.3 Å². The van der Waals surface area contributed by atoms with E-state index in [-0.39, 0.29) is 5.82 Å². The molecule has 0 aliphatic carbocycles. The Labute approximate surface area is 127 Å². The summed E-state index contributed by atoms with van der Waals surface area (Å²) in [5.74, 6) is 1.08. The molecule has 1 aromatic heterocycles. The molecule has 112 valence electrons. The van der Waals surface area contributed by atoms with Crippen molar-refractivity contribution in [2.75, 3.05) is 14.2 Å². The van der Waals surface area contributed by atoms with Crippen molar-refractivity contribution in [3.63, 3.8) is 0 Å². The highest BCUT2D eigenvalue weighted by Crippen LogP contribution is 2.38. The molecule has 0 spiro atoms. The summed E-state index contributed by atoms with van der Waals surface area (Å²) < 4.78 is 25.7. The van der Waals surface area contributed by atoms with Gasteiger partial charge in [-0.15, -0.1) is 0 Å². The maximum absolute atomic E-state index is 13.1. The first-order valence-electron chi connectivity index (χ1n) is 6.76. The van der Waals surface area contributed by atoms with Crippen molar-refractivity contribution in [1.82, 2.24) is 9.78 Å². The van der Waals surface area contributed by atoms with Gasteiger partial charge < -0.3 is 9.47 Å². The van der Waals surface area contributed by atoms with Gasteiger partial charge in [-0.05, 0) is 42.5 Å². The summed E-state index contributed by atoms with van der Waals surface area (Å²) in [5, 5.41) is 4.33. The molecule has 0 bridgehead atoms. The molecule has 0 atom stereocenters. The fourth-order valence-electron chi connectivity index (χ4n) is 2.38. The molecule has 0 aliphatic rings. The zero-order chi connectivity index (χ0) is 15.5. The van der Waals surface area contributed by atoms with E-state index < -0.39 is 0 Å². The van der Waals surface area contributed by atoms with E-state index in [9.17, 15) is 4.39 Å². The van der Waals surface area contributed by atoms with Crippen LogP contribution in [-0.4, -0.2) is 24.0 Å². The smallest absolute Gasteiger partial charge is 0.132 e. The van der Waals surface area contributed by atoms with Crippen molar-refractivity contribution in [2.45, 2.75) is 0 Å². The maximum Gasteiger partial charge on any atom is 0.132 e. The Bertz CT molecular complexity index is 759. The predicted octanol–water partition coefficient (Wildman–Crippen LogP) is 3.70. The zero-order valence-electron chi connectivity index (χ0n) is 12.3. The molecule has 22 heavy (non-hydrogen) atoms. The number of methoxy groups -OCH3 is 2. The minimum Gasteiger partial charge on any atom is -0.496 e. The lowest BCUT2D eigenvalue weighted by atomic mass is 10.1. The Kier molecular flexibility index (Phi) is 3.78. The van der Waals surface area contributed by atoms with Gasteiger partial charge >= 0.3 is 0 Å². The van der Waals surface area contributed by atoms with Gasteiger partial charge in [0.25, 0.3) is 0 Å². The van der Waals surface area contributed by atoms with E-state index in [0.29, 0.717) is 11.5 Å². The van der Waals surface area contributed by atoms with Gasteiger partial charge in [0.2, 0.25) is 0 Å². The molecule has 0 aliphatic heterocycles. The van der Waals surface area contributed by atoms with Gasteiger partial charge in [0, 0.05) is 0 Å². The van der Waals surface area contributed by atoms with Crippen LogP contribution in [0.5, 0.6) is 11.5 Å². The number of rotatable bonds is 4. The predicted molar refractivity (Wildman–Crippen MR) is 82.1 cm³/mol. The second-order valence-electron chi connectivity index (χ2n) is 4.64. The lowest BCUT2D eigenvalue weighted by Crippen LogP contribution is -2.01. The molecule has 3 aromatic rings. The zero-order valence-corrected chi connectivity index (χ0v) is 12.3. The van der Waals surface area contributed by atoms with Crippen molar-refractivity contribution < 1.29 is 13.9 Å². The molecule has 0 N–H and O–H groups in total. The van der Waals surface area contributed by atoms with Gasteiger partial charge in [-0.2, -0.15) is 5.10 Å². The Morgan fingerprint density at radius 1 is 0.909 bits per heavy atom. The van der Waals surface area contributed by atoms with Crippen LogP contribution in [0, 0.1) is 5.82 Å². The average molecular weight is 298 g/mol. The van der Waals surface area contributed by atoms with Crippen molar-refractivity contribution >= 4 is 0 Å². The van der Waals surface area contributed by atoms with E-state index in [4.69, 9.17) is 9.47 Å². The van der Waals surface area contributed by atoms with Crippen molar-refractivity contribution in [3.8, 4) is 28.4 Å². The number of nitrogens with zero attached hydrogens (tertiary/aromatic N) is 2. The summed E-state index contributed by atoms with van der Waals surface area (Å²) in [6, 6.07) is 13.6. The lowest BCUT2D eigenvalue weighted by Gasteiger charge is -2.14. The summed E-state index contributed by atoms with van der Waals surface area (Å²) in [4.78, 5) is 0. The van der Waals surface area contributed by atoms with Gasteiger partial charge in [-0.25, -0.2) is 9.07 Å².